The number of urea groups is 1. The fourth-order valence-corrected chi connectivity index (χ4v) is 6.91. The molecule has 1 aliphatic heterocycles. The number of methoxy groups -OCH3 is 2. The summed E-state index contributed by atoms with van der Waals surface area (Å²) in [5.74, 6) is 1.36. The third kappa shape index (κ3) is 5.90. The topological polar surface area (TPSA) is 54.0 Å². The maximum Gasteiger partial charge on any atom is 0.417 e. The Morgan fingerprint density at radius 1 is 1.05 bits per heavy atom. The van der Waals surface area contributed by atoms with Crippen molar-refractivity contribution in [3.8, 4) is 11.5 Å². The molecule has 0 bridgehead atoms. The number of hydrogen-bond acceptors (Lipinski definition) is 4. The number of carbonyl (C=O) groups is 1. The van der Waals surface area contributed by atoms with Gasteiger partial charge in [0.05, 0.1) is 24.8 Å². The molecule has 1 heterocycles. The highest BCUT2D eigenvalue weighted by atomic mass is 35.5. The molecule has 1 saturated heterocycles. The number of alkyl halides is 3. The fourth-order valence-electron chi connectivity index (χ4n) is 6.69. The first-order valence-corrected chi connectivity index (χ1v) is 14.3. The summed E-state index contributed by atoms with van der Waals surface area (Å²) in [6, 6.07) is 18.8. The van der Waals surface area contributed by atoms with Crippen LogP contribution >= 0.6 is 11.6 Å². The van der Waals surface area contributed by atoms with Crippen molar-refractivity contribution in [3.63, 3.8) is 0 Å². The number of rotatable bonds is 7. The Balaban J connectivity index is 1.44. The third-order valence-corrected chi connectivity index (χ3v) is 9.21. The minimum Gasteiger partial charge on any atom is -0.493 e. The zero-order valence-corrected chi connectivity index (χ0v) is 24.6. The molecule has 0 unspecified atom stereocenters. The van der Waals surface area contributed by atoms with Crippen LogP contribution in [-0.4, -0.2) is 55.7 Å². The van der Waals surface area contributed by atoms with Crippen molar-refractivity contribution in [3.05, 3.63) is 88.4 Å². The summed E-state index contributed by atoms with van der Waals surface area (Å²) in [7, 11) is 5.36. The van der Waals surface area contributed by atoms with E-state index in [1.165, 1.54) is 11.6 Å². The maximum absolute atomic E-state index is 13.8. The minimum atomic E-state index is -4.63. The molecular weight excluding hydrogens is 567 g/mol. The van der Waals surface area contributed by atoms with Gasteiger partial charge in [-0.3, -0.25) is 0 Å². The molecule has 1 saturated carbocycles. The largest absolute Gasteiger partial charge is 0.493 e. The van der Waals surface area contributed by atoms with Crippen LogP contribution in [0.15, 0.2) is 66.7 Å². The molecule has 1 N–H and O–H groups in total. The number of likely N-dealkylation sites (N-methyl/N-ethyl adjacent to an activating group) is 1. The molecule has 42 heavy (non-hydrogen) atoms. The number of halogens is 4. The molecule has 2 fully saturated rings. The van der Waals surface area contributed by atoms with E-state index in [0.717, 1.165) is 49.9 Å². The van der Waals surface area contributed by atoms with Gasteiger partial charge in [0, 0.05) is 29.7 Å². The van der Waals surface area contributed by atoms with E-state index in [1.807, 2.05) is 36.4 Å². The number of likely N-dealkylation sites (tertiary alicyclic amines) is 1. The Kier molecular flexibility index (Phi) is 8.62. The van der Waals surface area contributed by atoms with Gasteiger partial charge in [0.25, 0.3) is 0 Å². The van der Waals surface area contributed by atoms with Crippen LogP contribution in [-0.2, 0) is 18.1 Å². The summed E-state index contributed by atoms with van der Waals surface area (Å²) >= 11 is 5.81. The lowest BCUT2D eigenvalue weighted by Gasteiger charge is -2.47. The zero-order chi connectivity index (χ0) is 30.1. The van der Waals surface area contributed by atoms with Gasteiger partial charge in [0.2, 0.25) is 0 Å². The molecule has 224 valence electrons. The highest BCUT2D eigenvalue weighted by molar-refractivity contribution is 6.31. The lowest BCUT2D eigenvalue weighted by atomic mass is 9.64. The first kappa shape index (κ1) is 30.0. The second kappa shape index (κ2) is 12.1. The Morgan fingerprint density at radius 3 is 2.48 bits per heavy atom. The molecule has 5 rings (SSSR count). The van der Waals surface area contributed by atoms with Crippen LogP contribution in [0, 0.1) is 0 Å². The highest BCUT2D eigenvalue weighted by Gasteiger charge is 2.51. The van der Waals surface area contributed by atoms with Crippen LogP contribution in [0.5, 0.6) is 11.5 Å². The Hall–Kier alpha value is -3.43. The molecule has 10 heteroatoms. The minimum absolute atomic E-state index is 0.0447. The summed E-state index contributed by atoms with van der Waals surface area (Å²) < 4.78 is 51.6. The van der Waals surface area contributed by atoms with Crippen molar-refractivity contribution in [2.45, 2.75) is 55.9 Å². The molecule has 3 aromatic rings. The van der Waals surface area contributed by atoms with Crippen LogP contribution in [0.1, 0.15) is 42.4 Å². The van der Waals surface area contributed by atoms with Crippen molar-refractivity contribution in [2.75, 3.05) is 33.1 Å². The monoisotopic (exact) mass is 601 g/mol. The molecule has 3 atom stereocenters. The van der Waals surface area contributed by atoms with Gasteiger partial charge in [-0.15, -0.1) is 0 Å². The van der Waals surface area contributed by atoms with E-state index in [-0.39, 0.29) is 23.2 Å². The van der Waals surface area contributed by atoms with Gasteiger partial charge < -0.3 is 24.6 Å². The van der Waals surface area contributed by atoms with E-state index in [0.29, 0.717) is 18.0 Å². The van der Waals surface area contributed by atoms with Gasteiger partial charge in [-0.1, -0.05) is 48.0 Å². The van der Waals surface area contributed by atoms with E-state index >= 15 is 0 Å². The van der Waals surface area contributed by atoms with Gasteiger partial charge in [0.15, 0.2) is 11.5 Å². The predicted molar refractivity (Wildman–Crippen MR) is 157 cm³/mol. The average Bonchev–Trinajstić information content (AvgIpc) is 3.33. The van der Waals surface area contributed by atoms with E-state index in [1.54, 1.807) is 19.1 Å². The molecule has 1 aliphatic carbocycles. The summed E-state index contributed by atoms with van der Waals surface area (Å²) in [6.45, 7) is 1.25. The Bertz CT molecular complexity index is 1420. The van der Waals surface area contributed by atoms with Gasteiger partial charge in [-0.25, -0.2) is 4.79 Å². The van der Waals surface area contributed by atoms with Gasteiger partial charge in [0.1, 0.15) is 0 Å². The first-order chi connectivity index (χ1) is 20.1. The van der Waals surface area contributed by atoms with E-state index in [9.17, 15) is 18.0 Å². The van der Waals surface area contributed by atoms with Crippen LogP contribution in [0.4, 0.5) is 23.7 Å². The summed E-state index contributed by atoms with van der Waals surface area (Å²) in [5.41, 5.74) is 1.08. The van der Waals surface area contributed by atoms with Crippen LogP contribution in [0.2, 0.25) is 5.02 Å². The van der Waals surface area contributed by atoms with E-state index < -0.39 is 22.8 Å². The lowest BCUT2D eigenvalue weighted by molar-refractivity contribution is -0.137. The number of hydrogen-bond donors (Lipinski definition) is 1. The average molecular weight is 602 g/mol. The summed E-state index contributed by atoms with van der Waals surface area (Å²) in [4.78, 5) is 17.9. The summed E-state index contributed by atoms with van der Waals surface area (Å²) in [6.07, 6.45) is -1.34. The number of ether oxygens (including phenoxy) is 2. The van der Waals surface area contributed by atoms with Crippen LogP contribution in [0.3, 0.4) is 0 Å². The number of carbonyl (C=O) groups excluding carboxylic acids is 1. The maximum atomic E-state index is 13.8. The molecule has 6 nitrogen and oxygen atoms in total. The van der Waals surface area contributed by atoms with Crippen LogP contribution in [0.25, 0.3) is 0 Å². The van der Waals surface area contributed by atoms with Crippen molar-refractivity contribution in [1.82, 2.24) is 9.80 Å². The number of amides is 2. The van der Waals surface area contributed by atoms with Gasteiger partial charge in [-0.05, 0) is 80.7 Å². The lowest BCUT2D eigenvalue weighted by Crippen LogP contribution is -2.53. The number of benzene rings is 3. The second-order valence-corrected chi connectivity index (χ2v) is 11.5. The number of fused-ring (bicyclic) bond motifs is 1. The third-order valence-electron chi connectivity index (χ3n) is 8.88. The fraction of sp³-hybridized carbons (Fsp3) is 0.406. The summed E-state index contributed by atoms with van der Waals surface area (Å²) in [5, 5.41) is 2.31. The number of nitrogens with one attached hydrogen (secondary N) is 1. The number of nitrogens with zero attached hydrogens (tertiary/aromatic N) is 2. The smallest absolute Gasteiger partial charge is 0.417 e. The van der Waals surface area contributed by atoms with Crippen LogP contribution < -0.4 is 14.8 Å². The van der Waals surface area contributed by atoms with Gasteiger partial charge >= 0.3 is 12.2 Å². The Morgan fingerprint density at radius 2 is 1.79 bits per heavy atom. The van der Waals surface area contributed by atoms with E-state index in [2.05, 4.69) is 29.4 Å². The molecular formula is C32H35ClF3N3O3. The van der Waals surface area contributed by atoms with Crippen molar-refractivity contribution in [1.29, 1.82) is 0 Å². The highest BCUT2D eigenvalue weighted by Crippen LogP contribution is 2.51. The van der Waals surface area contributed by atoms with Gasteiger partial charge in [-0.2, -0.15) is 13.2 Å². The molecule has 2 aliphatic rings. The molecule has 3 aromatic carbocycles. The normalized spacial score (nSPS) is 22.4. The molecule has 2 amide bonds. The molecule has 0 spiro atoms. The Labute approximate surface area is 249 Å². The molecule has 0 aromatic heterocycles. The van der Waals surface area contributed by atoms with Crippen molar-refractivity contribution >= 4 is 23.3 Å². The molecule has 0 radical (unpaired) electrons. The first-order valence-electron chi connectivity index (χ1n) is 14.0. The van der Waals surface area contributed by atoms with Crippen molar-refractivity contribution < 1.29 is 27.4 Å². The zero-order valence-electron chi connectivity index (χ0n) is 23.9. The van der Waals surface area contributed by atoms with Crippen molar-refractivity contribution in [2.24, 2.45) is 0 Å². The number of anilines is 1. The quantitative estimate of drug-likeness (QED) is 0.303. The predicted octanol–water partition coefficient (Wildman–Crippen LogP) is 7.60. The second-order valence-electron chi connectivity index (χ2n) is 11.1. The SMILES string of the molecule is COc1ccc([C@@]23CC[C@@H](N(Cc4ccccc4)C(=O)Nc4ccc(Cl)c(C(F)(F)F)c4)C[C@@H]2N(C)CC3)cc1OC. The van der Waals surface area contributed by atoms with E-state index in [4.69, 9.17) is 21.1 Å². The standard InChI is InChI=1S/C32H35ClF3N3O3/c1-38-16-15-31(22-9-12-27(41-2)28(17-22)42-3)14-13-24(19-29(31)38)39(20-21-7-5-4-6-8-21)30(40)37-23-10-11-26(33)25(18-23)32(34,35)36/h4-12,17-18,24,29H,13-16,19-20H2,1-3H3,(H,37,40)/t24-,29+,31+/m1/s1.